The molecule has 3 aromatic rings. The van der Waals surface area contributed by atoms with Gasteiger partial charge >= 0.3 is 0 Å². The van der Waals surface area contributed by atoms with Crippen LogP contribution in [0.4, 0.5) is 5.69 Å². The molecule has 1 aliphatic carbocycles. The van der Waals surface area contributed by atoms with Gasteiger partial charge in [0.2, 0.25) is 0 Å². The zero-order chi connectivity index (χ0) is 16.5. The Morgan fingerprint density at radius 2 is 2.08 bits per heavy atom. The Morgan fingerprint density at radius 3 is 2.83 bits per heavy atom. The molecule has 0 radical (unpaired) electrons. The Balaban J connectivity index is 1.66. The van der Waals surface area contributed by atoms with Crippen LogP contribution in [0.5, 0.6) is 5.75 Å². The molecule has 1 aromatic carbocycles. The lowest BCUT2D eigenvalue weighted by molar-refractivity contribution is 0.102. The molecule has 0 saturated heterocycles. The standard InChI is InChI=1S/C18H18N4O2/c1-24-15-10-3-2-8-13(15)18(23)19-14-9-5-11-22-17(14)20-16(21-22)12-6-4-7-12/h2-3,5,8-12H,4,6-7H2,1H3,(H,19,23). The van der Waals surface area contributed by atoms with Crippen molar-refractivity contribution in [2.45, 2.75) is 25.2 Å². The first-order valence-corrected chi connectivity index (χ1v) is 8.06. The molecule has 0 aliphatic heterocycles. The zero-order valence-electron chi connectivity index (χ0n) is 13.4. The molecule has 2 aromatic heterocycles. The predicted octanol–water partition coefficient (Wildman–Crippen LogP) is 3.26. The lowest BCUT2D eigenvalue weighted by atomic mass is 9.85. The maximum atomic E-state index is 12.6. The van der Waals surface area contributed by atoms with Crippen molar-refractivity contribution >= 4 is 17.2 Å². The van der Waals surface area contributed by atoms with Crippen molar-refractivity contribution in [3.05, 3.63) is 54.0 Å². The van der Waals surface area contributed by atoms with E-state index in [1.54, 1.807) is 23.8 Å². The van der Waals surface area contributed by atoms with Gasteiger partial charge in [0, 0.05) is 12.1 Å². The van der Waals surface area contributed by atoms with Gasteiger partial charge in [0.25, 0.3) is 5.91 Å². The third-order valence-electron chi connectivity index (χ3n) is 4.45. The number of fused-ring (bicyclic) bond motifs is 1. The summed E-state index contributed by atoms with van der Waals surface area (Å²) in [6.07, 6.45) is 5.36. The molecule has 0 bridgehead atoms. The highest BCUT2D eigenvalue weighted by molar-refractivity contribution is 6.07. The van der Waals surface area contributed by atoms with Crippen molar-refractivity contribution in [3.8, 4) is 5.75 Å². The van der Waals surface area contributed by atoms with E-state index in [4.69, 9.17) is 4.74 Å². The van der Waals surface area contributed by atoms with Gasteiger partial charge in [0.15, 0.2) is 11.5 Å². The highest BCUT2D eigenvalue weighted by Crippen LogP contribution is 2.35. The maximum Gasteiger partial charge on any atom is 0.259 e. The number of benzene rings is 1. The van der Waals surface area contributed by atoms with E-state index in [0.29, 0.717) is 28.6 Å². The fourth-order valence-electron chi connectivity index (χ4n) is 2.88. The maximum absolute atomic E-state index is 12.6. The molecule has 1 amide bonds. The van der Waals surface area contributed by atoms with E-state index >= 15 is 0 Å². The largest absolute Gasteiger partial charge is 0.496 e. The third-order valence-corrected chi connectivity index (χ3v) is 4.45. The fraction of sp³-hybridized carbons (Fsp3) is 0.278. The number of hydrogen-bond donors (Lipinski definition) is 1. The highest BCUT2D eigenvalue weighted by Gasteiger charge is 2.24. The molecular weight excluding hydrogens is 304 g/mol. The molecule has 6 nitrogen and oxygen atoms in total. The van der Waals surface area contributed by atoms with E-state index in [1.807, 2.05) is 30.5 Å². The summed E-state index contributed by atoms with van der Waals surface area (Å²) in [7, 11) is 1.55. The molecule has 1 aliphatic rings. The molecule has 1 fully saturated rings. The van der Waals surface area contributed by atoms with E-state index in [1.165, 1.54) is 6.42 Å². The molecule has 2 heterocycles. The van der Waals surface area contributed by atoms with E-state index in [0.717, 1.165) is 18.7 Å². The van der Waals surface area contributed by atoms with E-state index in [2.05, 4.69) is 15.4 Å². The van der Waals surface area contributed by atoms with E-state index < -0.39 is 0 Å². The quantitative estimate of drug-likeness (QED) is 0.800. The molecule has 0 spiro atoms. The van der Waals surface area contributed by atoms with Gasteiger partial charge in [0.05, 0.1) is 18.4 Å². The SMILES string of the molecule is COc1ccccc1C(=O)Nc1cccn2nc(C3CCC3)nc12. The number of nitrogens with one attached hydrogen (secondary N) is 1. The summed E-state index contributed by atoms with van der Waals surface area (Å²) in [4.78, 5) is 17.2. The Kier molecular flexibility index (Phi) is 3.65. The number of anilines is 1. The average molecular weight is 322 g/mol. The second-order valence-electron chi connectivity index (χ2n) is 5.94. The van der Waals surface area contributed by atoms with Crippen LogP contribution in [0.1, 0.15) is 41.4 Å². The van der Waals surface area contributed by atoms with Gasteiger partial charge in [0.1, 0.15) is 5.75 Å². The molecule has 0 atom stereocenters. The lowest BCUT2D eigenvalue weighted by Crippen LogP contribution is -2.14. The number of carbonyl (C=O) groups is 1. The molecule has 0 unspecified atom stereocenters. The number of rotatable bonds is 4. The normalized spacial score (nSPS) is 14.4. The molecule has 6 heteroatoms. The summed E-state index contributed by atoms with van der Waals surface area (Å²) in [6, 6.07) is 10.8. The van der Waals surface area contributed by atoms with Gasteiger partial charge in [-0.25, -0.2) is 9.50 Å². The van der Waals surface area contributed by atoms with Crippen LogP contribution >= 0.6 is 0 Å². The average Bonchev–Trinajstić information content (AvgIpc) is 2.97. The Bertz CT molecular complexity index is 899. The Hall–Kier alpha value is -2.89. The highest BCUT2D eigenvalue weighted by atomic mass is 16.5. The zero-order valence-corrected chi connectivity index (χ0v) is 13.4. The van der Waals surface area contributed by atoms with Gasteiger partial charge in [-0.05, 0) is 37.1 Å². The smallest absolute Gasteiger partial charge is 0.259 e. The topological polar surface area (TPSA) is 68.5 Å². The van der Waals surface area contributed by atoms with E-state index in [-0.39, 0.29) is 5.91 Å². The minimum absolute atomic E-state index is 0.228. The molecule has 1 saturated carbocycles. The number of amides is 1. The first kappa shape index (κ1) is 14.7. The van der Waals surface area contributed by atoms with Crippen molar-refractivity contribution in [1.82, 2.24) is 14.6 Å². The summed E-state index contributed by atoms with van der Waals surface area (Å²) in [5, 5.41) is 7.46. The monoisotopic (exact) mass is 322 g/mol. The fourth-order valence-corrected chi connectivity index (χ4v) is 2.88. The van der Waals surface area contributed by atoms with Gasteiger partial charge in [-0.2, -0.15) is 5.10 Å². The van der Waals surface area contributed by atoms with Crippen LogP contribution in [0.25, 0.3) is 5.65 Å². The number of ether oxygens (including phenoxy) is 1. The number of pyridine rings is 1. The summed E-state index contributed by atoms with van der Waals surface area (Å²) < 4.78 is 6.98. The summed E-state index contributed by atoms with van der Waals surface area (Å²) >= 11 is 0. The van der Waals surface area contributed by atoms with Crippen LogP contribution in [0, 0.1) is 0 Å². The summed E-state index contributed by atoms with van der Waals surface area (Å²) in [6.45, 7) is 0. The van der Waals surface area contributed by atoms with Gasteiger partial charge in [-0.1, -0.05) is 18.6 Å². The second-order valence-corrected chi connectivity index (χ2v) is 5.94. The number of nitrogens with zero attached hydrogens (tertiary/aromatic N) is 3. The lowest BCUT2D eigenvalue weighted by Gasteiger charge is -2.21. The number of methoxy groups -OCH3 is 1. The molecule has 122 valence electrons. The summed E-state index contributed by atoms with van der Waals surface area (Å²) in [5.41, 5.74) is 1.80. The first-order valence-electron chi connectivity index (χ1n) is 8.06. The molecule has 4 rings (SSSR count). The predicted molar refractivity (Wildman–Crippen MR) is 90.5 cm³/mol. The van der Waals surface area contributed by atoms with Crippen LogP contribution in [-0.2, 0) is 0 Å². The number of hydrogen-bond acceptors (Lipinski definition) is 4. The van der Waals surface area contributed by atoms with Crippen molar-refractivity contribution in [3.63, 3.8) is 0 Å². The van der Waals surface area contributed by atoms with Crippen molar-refractivity contribution in [1.29, 1.82) is 0 Å². The molecule has 1 N–H and O–H groups in total. The second kappa shape index (κ2) is 5.96. The number of carbonyl (C=O) groups excluding carboxylic acids is 1. The first-order chi connectivity index (χ1) is 11.8. The summed E-state index contributed by atoms with van der Waals surface area (Å²) in [5.74, 6) is 1.62. The third kappa shape index (κ3) is 2.50. The van der Waals surface area contributed by atoms with Crippen molar-refractivity contribution in [2.24, 2.45) is 0 Å². The van der Waals surface area contributed by atoms with Crippen molar-refractivity contribution in [2.75, 3.05) is 12.4 Å². The van der Waals surface area contributed by atoms with Crippen LogP contribution in [-0.4, -0.2) is 27.6 Å². The van der Waals surface area contributed by atoms with Crippen LogP contribution in [0.15, 0.2) is 42.6 Å². The van der Waals surface area contributed by atoms with Gasteiger partial charge in [-0.15, -0.1) is 0 Å². The number of para-hydroxylation sites is 1. The van der Waals surface area contributed by atoms with Crippen LogP contribution < -0.4 is 10.1 Å². The minimum atomic E-state index is -0.228. The van der Waals surface area contributed by atoms with E-state index in [9.17, 15) is 4.79 Å². The Morgan fingerprint density at radius 1 is 1.25 bits per heavy atom. The molecular formula is C18H18N4O2. The van der Waals surface area contributed by atoms with Crippen LogP contribution in [0.3, 0.4) is 0 Å². The van der Waals surface area contributed by atoms with Crippen molar-refractivity contribution < 1.29 is 9.53 Å². The van der Waals surface area contributed by atoms with Crippen LogP contribution in [0.2, 0.25) is 0 Å². The van der Waals surface area contributed by atoms with Gasteiger partial charge in [-0.3, -0.25) is 4.79 Å². The Labute approximate surface area is 139 Å². The number of aromatic nitrogens is 3. The minimum Gasteiger partial charge on any atom is -0.496 e. The molecule has 24 heavy (non-hydrogen) atoms. The van der Waals surface area contributed by atoms with Gasteiger partial charge < -0.3 is 10.1 Å².